The Morgan fingerprint density at radius 3 is 2.83 bits per heavy atom. The number of hydrogen-bond donors (Lipinski definition) is 1. The average molecular weight is 416 g/mol. The van der Waals surface area contributed by atoms with Gasteiger partial charge in [0, 0.05) is 24.5 Å². The molecule has 1 N–H and O–H groups in total. The summed E-state index contributed by atoms with van der Waals surface area (Å²) in [7, 11) is 0. The lowest BCUT2D eigenvalue weighted by Crippen LogP contribution is -2.38. The van der Waals surface area contributed by atoms with E-state index in [-0.39, 0.29) is 17.6 Å². The van der Waals surface area contributed by atoms with E-state index in [1.54, 1.807) is 28.8 Å². The first-order valence-electron chi connectivity index (χ1n) is 9.90. The van der Waals surface area contributed by atoms with Crippen LogP contribution in [-0.4, -0.2) is 61.9 Å². The molecule has 0 aliphatic carbocycles. The first-order chi connectivity index (χ1) is 14.2. The summed E-state index contributed by atoms with van der Waals surface area (Å²) in [6.07, 6.45) is 0.885. The Morgan fingerprint density at radius 1 is 1.14 bits per heavy atom. The van der Waals surface area contributed by atoms with Crippen molar-refractivity contribution in [3.05, 3.63) is 47.9 Å². The van der Waals surface area contributed by atoms with Crippen LogP contribution in [0.25, 0.3) is 0 Å². The van der Waals surface area contributed by atoms with Gasteiger partial charge in [0.25, 0.3) is 5.91 Å². The maximum Gasteiger partial charge on any atom is 0.286 e. The normalized spacial score (nSPS) is 17.2. The highest BCUT2D eigenvalue weighted by atomic mass is 32.2. The van der Waals surface area contributed by atoms with Crippen molar-refractivity contribution < 1.29 is 18.7 Å². The Bertz CT molecular complexity index is 863. The zero-order chi connectivity index (χ0) is 20.1. The number of nitrogens with one attached hydrogen (secondary N) is 1. The quantitative estimate of drug-likeness (QED) is 0.700. The van der Waals surface area contributed by atoms with Gasteiger partial charge in [-0.1, -0.05) is 12.1 Å². The summed E-state index contributed by atoms with van der Waals surface area (Å²) in [4.78, 5) is 29.9. The van der Waals surface area contributed by atoms with Crippen molar-refractivity contribution in [2.45, 2.75) is 17.9 Å². The highest BCUT2D eigenvalue weighted by Crippen LogP contribution is 2.35. The van der Waals surface area contributed by atoms with Crippen LogP contribution in [-0.2, 0) is 16.1 Å². The summed E-state index contributed by atoms with van der Waals surface area (Å²) in [5.41, 5.74) is 0.888. The van der Waals surface area contributed by atoms with Crippen LogP contribution in [0.4, 0.5) is 5.69 Å². The van der Waals surface area contributed by atoms with Gasteiger partial charge in [-0.2, -0.15) is 0 Å². The van der Waals surface area contributed by atoms with Crippen molar-refractivity contribution in [1.82, 2.24) is 10.2 Å². The smallest absolute Gasteiger partial charge is 0.286 e. The molecule has 4 rings (SSSR count). The second kappa shape index (κ2) is 9.47. The average Bonchev–Trinajstić information content (AvgIpc) is 3.23. The molecule has 7 nitrogen and oxygen atoms in total. The van der Waals surface area contributed by atoms with Crippen LogP contribution in [0.1, 0.15) is 22.7 Å². The summed E-state index contributed by atoms with van der Waals surface area (Å²) in [6, 6.07) is 11.3. The highest BCUT2D eigenvalue weighted by Gasteiger charge is 2.25. The van der Waals surface area contributed by atoms with Gasteiger partial charge in [0.15, 0.2) is 5.76 Å². The number of ether oxygens (including phenoxy) is 1. The molecule has 29 heavy (non-hydrogen) atoms. The number of carbonyl (C=O) groups is 2. The molecule has 2 aromatic rings. The number of carbonyl (C=O) groups excluding carboxylic acids is 2. The molecule has 2 amide bonds. The van der Waals surface area contributed by atoms with Crippen molar-refractivity contribution >= 4 is 29.3 Å². The van der Waals surface area contributed by atoms with Gasteiger partial charge < -0.3 is 19.4 Å². The number of nitrogens with zero attached hydrogens (tertiary/aromatic N) is 2. The fourth-order valence-corrected chi connectivity index (χ4v) is 4.42. The van der Waals surface area contributed by atoms with E-state index in [1.807, 2.05) is 24.3 Å². The van der Waals surface area contributed by atoms with Crippen LogP contribution in [0.2, 0.25) is 0 Å². The molecule has 1 aromatic carbocycles. The summed E-state index contributed by atoms with van der Waals surface area (Å²) >= 11 is 1.55. The third-order valence-corrected chi connectivity index (χ3v) is 6.10. The van der Waals surface area contributed by atoms with E-state index in [0.717, 1.165) is 49.9 Å². The molecule has 8 heteroatoms. The lowest BCUT2D eigenvalue weighted by atomic mass is 10.2. The molecule has 1 aromatic heterocycles. The molecular formula is C21H25N3O4S. The van der Waals surface area contributed by atoms with Crippen LogP contribution >= 0.6 is 11.8 Å². The molecule has 0 radical (unpaired) electrons. The summed E-state index contributed by atoms with van der Waals surface area (Å²) < 4.78 is 11.1. The Kier molecular flexibility index (Phi) is 6.53. The number of thioether (sulfide) groups is 1. The van der Waals surface area contributed by atoms with Gasteiger partial charge in [-0.25, -0.2) is 0 Å². The number of benzene rings is 1. The molecule has 3 heterocycles. The summed E-state index contributed by atoms with van der Waals surface area (Å²) in [5.74, 6) is 1.10. The standard InChI is InChI=1S/C21H25N3O4S/c25-20-15-29-19-5-2-1-4-17(19)24(20)14-16-6-7-18(28-16)21(26)22-8-3-9-23-10-12-27-13-11-23/h1-2,4-7H,3,8-15H2,(H,22,26). The Hall–Kier alpha value is -2.29. The molecule has 0 bridgehead atoms. The molecule has 1 fully saturated rings. The van der Waals surface area contributed by atoms with Gasteiger partial charge in [-0.05, 0) is 37.2 Å². The number of morpholine rings is 1. The van der Waals surface area contributed by atoms with Crippen molar-refractivity contribution in [1.29, 1.82) is 0 Å². The lowest BCUT2D eigenvalue weighted by molar-refractivity contribution is -0.116. The third kappa shape index (κ3) is 5.01. The highest BCUT2D eigenvalue weighted by molar-refractivity contribution is 8.00. The summed E-state index contributed by atoms with van der Waals surface area (Å²) in [5, 5.41) is 2.91. The zero-order valence-corrected chi connectivity index (χ0v) is 17.1. The fraction of sp³-hybridized carbons (Fsp3) is 0.429. The second-order valence-electron chi connectivity index (χ2n) is 7.07. The minimum Gasteiger partial charge on any atom is -0.454 e. The van der Waals surface area contributed by atoms with E-state index in [2.05, 4.69) is 10.2 Å². The van der Waals surface area contributed by atoms with Gasteiger partial charge in [0.1, 0.15) is 5.76 Å². The molecule has 2 aliphatic rings. The van der Waals surface area contributed by atoms with E-state index in [0.29, 0.717) is 24.6 Å². The fourth-order valence-electron chi connectivity index (χ4n) is 3.48. The topological polar surface area (TPSA) is 75.0 Å². The first kappa shape index (κ1) is 20.0. The van der Waals surface area contributed by atoms with E-state index >= 15 is 0 Å². The number of anilines is 1. The van der Waals surface area contributed by atoms with Gasteiger partial charge >= 0.3 is 0 Å². The number of fused-ring (bicyclic) bond motifs is 1. The molecular weight excluding hydrogens is 390 g/mol. The molecule has 2 aliphatic heterocycles. The van der Waals surface area contributed by atoms with Crippen LogP contribution in [0.3, 0.4) is 0 Å². The van der Waals surface area contributed by atoms with Crippen molar-refractivity contribution in [3.63, 3.8) is 0 Å². The number of para-hydroxylation sites is 1. The van der Waals surface area contributed by atoms with Gasteiger partial charge in [-0.15, -0.1) is 11.8 Å². The molecule has 0 saturated carbocycles. The minimum absolute atomic E-state index is 0.0409. The lowest BCUT2D eigenvalue weighted by Gasteiger charge is -2.28. The van der Waals surface area contributed by atoms with Crippen LogP contribution < -0.4 is 10.2 Å². The number of amides is 2. The van der Waals surface area contributed by atoms with Gasteiger partial charge in [0.2, 0.25) is 5.91 Å². The van der Waals surface area contributed by atoms with Gasteiger partial charge in [-0.3, -0.25) is 14.5 Å². The van der Waals surface area contributed by atoms with E-state index in [9.17, 15) is 9.59 Å². The molecule has 1 saturated heterocycles. The number of hydrogen-bond acceptors (Lipinski definition) is 6. The first-order valence-corrected chi connectivity index (χ1v) is 10.9. The monoisotopic (exact) mass is 415 g/mol. The largest absolute Gasteiger partial charge is 0.454 e. The third-order valence-electron chi connectivity index (χ3n) is 5.05. The van der Waals surface area contributed by atoms with Crippen molar-refractivity contribution in [2.24, 2.45) is 0 Å². The predicted molar refractivity (Wildman–Crippen MR) is 111 cm³/mol. The summed E-state index contributed by atoms with van der Waals surface area (Å²) in [6.45, 7) is 5.33. The minimum atomic E-state index is -0.223. The Morgan fingerprint density at radius 2 is 1.97 bits per heavy atom. The second-order valence-corrected chi connectivity index (χ2v) is 8.08. The zero-order valence-electron chi connectivity index (χ0n) is 16.3. The molecule has 154 valence electrons. The van der Waals surface area contributed by atoms with Crippen LogP contribution in [0.5, 0.6) is 0 Å². The SMILES string of the molecule is O=C(NCCCN1CCOCC1)c1ccc(CN2C(=O)CSc3ccccc32)o1. The van der Waals surface area contributed by atoms with E-state index in [4.69, 9.17) is 9.15 Å². The van der Waals surface area contributed by atoms with Gasteiger partial charge in [0.05, 0.1) is 31.2 Å². The Labute approximate surface area is 174 Å². The molecule has 0 unspecified atom stereocenters. The maximum atomic E-state index is 12.4. The maximum absolute atomic E-state index is 12.4. The molecule has 0 atom stereocenters. The van der Waals surface area contributed by atoms with E-state index in [1.165, 1.54) is 0 Å². The van der Waals surface area contributed by atoms with Crippen LogP contribution in [0.15, 0.2) is 45.7 Å². The van der Waals surface area contributed by atoms with Crippen LogP contribution in [0, 0.1) is 0 Å². The van der Waals surface area contributed by atoms with Crippen molar-refractivity contribution in [3.8, 4) is 0 Å². The van der Waals surface area contributed by atoms with E-state index < -0.39 is 0 Å². The predicted octanol–water partition coefficient (Wildman–Crippen LogP) is 2.37. The van der Waals surface area contributed by atoms with Crippen molar-refractivity contribution in [2.75, 3.05) is 50.0 Å². The Balaban J connectivity index is 1.29. The molecule has 0 spiro atoms. The number of furan rings is 1. The number of rotatable bonds is 7.